The Bertz CT molecular complexity index is 232. The highest BCUT2D eigenvalue weighted by molar-refractivity contribution is 5.78. The molecule has 0 aromatic carbocycles. The molecular weight excluding hydrogens is 190 g/mol. The van der Waals surface area contributed by atoms with Crippen molar-refractivity contribution >= 4 is 5.91 Å². The minimum absolute atomic E-state index is 0.182. The molecular formula is C11H21N3O. The molecule has 1 amide bonds. The minimum atomic E-state index is 0.182. The van der Waals surface area contributed by atoms with E-state index in [0.717, 1.165) is 13.1 Å². The summed E-state index contributed by atoms with van der Waals surface area (Å²) in [4.78, 5) is 13.7. The molecule has 2 unspecified atom stereocenters. The van der Waals surface area contributed by atoms with Crippen LogP contribution < -0.4 is 10.6 Å². The van der Waals surface area contributed by atoms with Crippen LogP contribution >= 0.6 is 0 Å². The summed E-state index contributed by atoms with van der Waals surface area (Å²) in [6.07, 6.45) is 5.11. The first-order valence-corrected chi connectivity index (χ1v) is 5.99. The van der Waals surface area contributed by atoms with Gasteiger partial charge in [0.1, 0.15) is 0 Å². The van der Waals surface area contributed by atoms with E-state index in [-0.39, 0.29) is 5.91 Å². The molecule has 1 heterocycles. The van der Waals surface area contributed by atoms with Crippen LogP contribution in [0.25, 0.3) is 0 Å². The second-order valence-electron chi connectivity index (χ2n) is 4.57. The van der Waals surface area contributed by atoms with E-state index in [1.54, 1.807) is 0 Å². The molecule has 4 heteroatoms. The van der Waals surface area contributed by atoms with E-state index in [1.165, 1.54) is 25.7 Å². The van der Waals surface area contributed by atoms with Gasteiger partial charge in [-0.1, -0.05) is 12.8 Å². The van der Waals surface area contributed by atoms with E-state index < -0.39 is 0 Å². The number of hydrogen-bond acceptors (Lipinski definition) is 3. The molecule has 0 aromatic rings. The fraction of sp³-hybridized carbons (Fsp3) is 0.909. The highest BCUT2D eigenvalue weighted by atomic mass is 16.2. The molecule has 2 fully saturated rings. The molecule has 1 aliphatic carbocycles. The van der Waals surface area contributed by atoms with Gasteiger partial charge in [0, 0.05) is 25.2 Å². The van der Waals surface area contributed by atoms with Gasteiger partial charge >= 0.3 is 0 Å². The van der Waals surface area contributed by atoms with Crippen LogP contribution in [-0.4, -0.2) is 49.6 Å². The Labute approximate surface area is 91.4 Å². The molecule has 4 nitrogen and oxygen atoms in total. The van der Waals surface area contributed by atoms with Crippen molar-refractivity contribution in [3.8, 4) is 0 Å². The van der Waals surface area contributed by atoms with E-state index in [0.29, 0.717) is 18.6 Å². The normalized spacial score (nSPS) is 33.8. The maximum atomic E-state index is 11.3. The molecule has 0 spiro atoms. The maximum Gasteiger partial charge on any atom is 0.234 e. The first-order valence-electron chi connectivity index (χ1n) is 5.99. The Morgan fingerprint density at radius 1 is 1.40 bits per heavy atom. The van der Waals surface area contributed by atoms with Gasteiger partial charge in [-0.05, 0) is 19.9 Å². The van der Waals surface area contributed by atoms with Crippen LogP contribution in [-0.2, 0) is 4.79 Å². The average molecular weight is 211 g/mol. The van der Waals surface area contributed by atoms with Crippen molar-refractivity contribution < 1.29 is 4.79 Å². The number of nitrogens with zero attached hydrogens (tertiary/aromatic N) is 1. The van der Waals surface area contributed by atoms with Crippen molar-refractivity contribution in [2.45, 2.75) is 37.8 Å². The highest BCUT2D eigenvalue weighted by Crippen LogP contribution is 2.23. The zero-order chi connectivity index (χ0) is 10.7. The number of nitrogens with one attached hydrogen (secondary N) is 2. The molecule has 0 bridgehead atoms. The maximum absolute atomic E-state index is 11.3. The first kappa shape index (κ1) is 10.9. The fourth-order valence-electron chi connectivity index (χ4n) is 2.83. The molecule has 0 aromatic heterocycles. The molecule has 2 atom stereocenters. The molecule has 86 valence electrons. The van der Waals surface area contributed by atoms with Crippen molar-refractivity contribution in [3.63, 3.8) is 0 Å². The molecule has 1 aliphatic heterocycles. The van der Waals surface area contributed by atoms with Crippen molar-refractivity contribution in [2.75, 3.05) is 26.7 Å². The molecule has 0 radical (unpaired) electrons. The largest absolute Gasteiger partial charge is 0.354 e. The lowest BCUT2D eigenvalue weighted by Crippen LogP contribution is -2.57. The van der Waals surface area contributed by atoms with Gasteiger partial charge in [0.05, 0.1) is 6.54 Å². The monoisotopic (exact) mass is 211 g/mol. The van der Waals surface area contributed by atoms with Gasteiger partial charge < -0.3 is 10.6 Å². The Kier molecular flexibility index (Phi) is 3.59. The van der Waals surface area contributed by atoms with E-state index in [9.17, 15) is 4.79 Å². The predicted octanol–water partition coefficient (Wildman–Crippen LogP) is -0.0512. The number of piperazine rings is 1. The van der Waals surface area contributed by atoms with Crippen molar-refractivity contribution in [3.05, 3.63) is 0 Å². The van der Waals surface area contributed by atoms with Crippen molar-refractivity contribution in [1.29, 1.82) is 0 Å². The van der Waals surface area contributed by atoms with Gasteiger partial charge in [-0.15, -0.1) is 0 Å². The van der Waals surface area contributed by atoms with Crippen molar-refractivity contribution in [1.82, 2.24) is 15.5 Å². The Morgan fingerprint density at radius 2 is 2.20 bits per heavy atom. The van der Waals surface area contributed by atoms with Gasteiger partial charge in [0.15, 0.2) is 0 Å². The lowest BCUT2D eigenvalue weighted by atomic mass is 9.89. The van der Waals surface area contributed by atoms with Crippen LogP contribution in [0.4, 0.5) is 0 Å². The summed E-state index contributed by atoms with van der Waals surface area (Å²) in [5.41, 5.74) is 0. The number of rotatable bonds is 2. The predicted molar refractivity (Wildman–Crippen MR) is 59.7 cm³/mol. The topological polar surface area (TPSA) is 44.4 Å². The summed E-state index contributed by atoms with van der Waals surface area (Å²) < 4.78 is 0. The third-order valence-corrected chi connectivity index (χ3v) is 3.64. The van der Waals surface area contributed by atoms with E-state index in [1.807, 2.05) is 7.05 Å². The zero-order valence-corrected chi connectivity index (χ0v) is 9.46. The average Bonchev–Trinajstić information content (AvgIpc) is 2.29. The molecule has 1 saturated heterocycles. The Hall–Kier alpha value is -0.610. The number of likely N-dealkylation sites (N-methyl/N-ethyl adjacent to an activating group) is 1. The highest BCUT2D eigenvalue weighted by Gasteiger charge is 2.31. The van der Waals surface area contributed by atoms with Gasteiger partial charge in [-0.2, -0.15) is 0 Å². The second-order valence-corrected chi connectivity index (χ2v) is 4.57. The smallest absolute Gasteiger partial charge is 0.234 e. The molecule has 1 saturated carbocycles. The SMILES string of the molecule is CNC1CCCCC1N1CCNC(=O)C1. The molecule has 2 aliphatic rings. The van der Waals surface area contributed by atoms with E-state index >= 15 is 0 Å². The van der Waals surface area contributed by atoms with Gasteiger partial charge in [-0.3, -0.25) is 9.69 Å². The number of hydrogen-bond donors (Lipinski definition) is 2. The quantitative estimate of drug-likeness (QED) is 0.673. The lowest BCUT2D eigenvalue weighted by Gasteiger charge is -2.41. The second kappa shape index (κ2) is 4.94. The van der Waals surface area contributed by atoms with Crippen LogP contribution in [0.1, 0.15) is 25.7 Å². The zero-order valence-electron chi connectivity index (χ0n) is 9.46. The van der Waals surface area contributed by atoms with E-state index in [2.05, 4.69) is 15.5 Å². The molecule has 15 heavy (non-hydrogen) atoms. The summed E-state index contributed by atoms with van der Waals surface area (Å²) in [6.45, 7) is 2.41. The van der Waals surface area contributed by atoms with Gasteiger partial charge in [-0.25, -0.2) is 0 Å². The van der Waals surface area contributed by atoms with Crippen molar-refractivity contribution in [2.24, 2.45) is 0 Å². The summed E-state index contributed by atoms with van der Waals surface area (Å²) in [7, 11) is 2.03. The summed E-state index contributed by atoms with van der Waals surface area (Å²) in [6, 6.07) is 1.14. The van der Waals surface area contributed by atoms with Gasteiger partial charge in [0.2, 0.25) is 5.91 Å². The Morgan fingerprint density at radius 3 is 2.93 bits per heavy atom. The van der Waals surface area contributed by atoms with Crippen LogP contribution in [0, 0.1) is 0 Å². The molecule has 2 N–H and O–H groups in total. The number of amides is 1. The van der Waals surface area contributed by atoms with Gasteiger partial charge in [0.25, 0.3) is 0 Å². The lowest BCUT2D eigenvalue weighted by molar-refractivity contribution is -0.125. The van der Waals surface area contributed by atoms with Crippen LogP contribution in [0.5, 0.6) is 0 Å². The molecule has 2 rings (SSSR count). The van der Waals surface area contributed by atoms with E-state index in [4.69, 9.17) is 0 Å². The Balaban J connectivity index is 1.97. The minimum Gasteiger partial charge on any atom is -0.354 e. The van der Waals surface area contributed by atoms with Crippen LogP contribution in [0.15, 0.2) is 0 Å². The summed E-state index contributed by atoms with van der Waals surface area (Å²) >= 11 is 0. The first-order chi connectivity index (χ1) is 7.31. The summed E-state index contributed by atoms with van der Waals surface area (Å²) in [5.74, 6) is 0.182. The third kappa shape index (κ3) is 2.49. The standard InChI is InChI=1S/C11H21N3O/c1-12-9-4-2-3-5-10(9)14-7-6-13-11(15)8-14/h9-10,12H,2-8H2,1H3,(H,13,15). The van der Waals surface area contributed by atoms with Crippen LogP contribution in [0.2, 0.25) is 0 Å². The summed E-state index contributed by atoms with van der Waals surface area (Å²) in [5, 5.41) is 6.28. The van der Waals surface area contributed by atoms with Crippen LogP contribution in [0.3, 0.4) is 0 Å². The number of carbonyl (C=O) groups excluding carboxylic acids is 1. The fourth-order valence-corrected chi connectivity index (χ4v) is 2.83. The number of carbonyl (C=O) groups is 1. The third-order valence-electron chi connectivity index (χ3n) is 3.64.